The monoisotopic (exact) mass is 475 g/mol. The van der Waals surface area contributed by atoms with E-state index < -0.39 is 32.0 Å². The summed E-state index contributed by atoms with van der Waals surface area (Å²) in [7, 11) is 0. The van der Waals surface area contributed by atoms with Crippen LogP contribution < -0.4 is 9.78 Å². The van der Waals surface area contributed by atoms with Gasteiger partial charge in [0.05, 0.1) is 0 Å². The molecule has 30 heavy (non-hydrogen) atoms. The van der Waals surface area contributed by atoms with Crippen molar-refractivity contribution in [1.82, 2.24) is 5.32 Å². The van der Waals surface area contributed by atoms with Crippen molar-refractivity contribution >= 4 is 30.4 Å². The van der Waals surface area contributed by atoms with Crippen molar-refractivity contribution in [2.24, 2.45) is 0 Å². The summed E-state index contributed by atoms with van der Waals surface area (Å²) in [6, 6.07) is 18.4. The zero-order valence-corrected chi connectivity index (χ0v) is 18.4. The van der Waals surface area contributed by atoms with Crippen LogP contribution in [0.5, 0.6) is 0 Å². The van der Waals surface area contributed by atoms with Crippen molar-refractivity contribution in [2.45, 2.75) is 43.3 Å². The standard InChI is InChI=1S/C23H25NO5Se/c1-17(25)29-20-12-13-22(30(27)21-10-6-3-7-11-21)15-19(14-20)24-23(26)28-16-18-8-4-2-5-9-18/h2-13,19-20,22H,14-16H2,1H3,(H,24,26)/t19-,20-,22-,30?/m1/s1. The first-order valence-corrected chi connectivity index (χ1v) is 12.3. The molecule has 1 aliphatic rings. The Hall–Kier alpha value is -2.76. The molecule has 2 aromatic rings. The Balaban J connectivity index is 1.67. The molecule has 4 atom stereocenters. The molecule has 2 aromatic carbocycles. The molecule has 1 amide bonds. The van der Waals surface area contributed by atoms with Crippen molar-refractivity contribution in [1.29, 1.82) is 0 Å². The summed E-state index contributed by atoms with van der Waals surface area (Å²) in [6.07, 6.45) is 3.49. The number of allylic oxidation sites excluding steroid dienone is 1. The zero-order valence-electron chi connectivity index (χ0n) is 16.7. The number of carbonyl (C=O) groups is 2. The third kappa shape index (κ3) is 6.65. The summed E-state index contributed by atoms with van der Waals surface area (Å²) in [4.78, 5) is 23.5. The fourth-order valence-electron chi connectivity index (χ4n) is 3.30. The summed E-state index contributed by atoms with van der Waals surface area (Å²) in [5, 5.41) is 2.86. The normalized spacial score (nSPS) is 21.8. The predicted octanol–water partition coefficient (Wildman–Crippen LogP) is 3.26. The Morgan fingerprint density at radius 3 is 2.33 bits per heavy atom. The second-order valence-corrected chi connectivity index (χ2v) is 10.6. The van der Waals surface area contributed by atoms with Crippen LogP contribution in [-0.2, 0) is 24.7 Å². The molecule has 0 fully saturated rings. The molecule has 0 heterocycles. The molecule has 0 spiro atoms. The number of alkyl carbamates (subject to hydrolysis) is 1. The van der Waals surface area contributed by atoms with Crippen LogP contribution >= 0.6 is 0 Å². The first-order valence-electron chi connectivity index (χ1n) is 9.79. The Kier molecular flexibility index (Phi) is 7.94. The maximum atomic E-state index is 13.1. The number of benzene rings is 2. The fourth-order valence-corrected chi connectivity index (χ4v) is 6.27. The van der Waals surface area contributed by atoms with Crippen LogP contribution in [0.1, 0.15) is 25.3 Å². The van der Waals surface area contributed by atoms with Gasteiger partial charge in [-0.15, -0.1) is 0 Å². The number of hydrogen-bond acceptors (Lipinski definition) is 5. The molecule has 0 aromatic heterocycles. The van der Waals surface area contributed by atoms with Crippen LogP contribution in [0.15, 0.2) is 72.8 Å². The molecule has 0 bridgehead atoms. The van der Waals surface area contributed by atoms with Crippen molar-refractivity contribution in [3.05, 3.63) is 78.4 Å². The van der Waals surface area contributed by atoms with Crippen molar-refractivity contribution in [3.63, 3.8) is 0 Å². The number of hydrogen-bond donors (Lipinski definition) is 1. The van der Waals surface area contributed by atoms with Crippen molar-refractivity contribution in [3.8, 4) is 0 Å². The van der Waals surface area contributed by atoms with Crippen LogP contribution in [-0.4, -0.2) is 38.0 Å². The van der Waals surface area contributed by atoms with Crippen LogP contribution in [0, 0.1) is 0 Å². The fraction of sp³-hybridized carbons (Fsp3) is 0.304. The van der Waals surface area contributed by atoms with E-state index >= 15 is 0 Å². The van der Waals surface area contributed by atoms with Gasteiger partial charge in [0.25, 0.3) is 0 Å². The number of amides is 1. The molecule has 0 saturated heterocycles. The van der Waals surface area contributed by atoms with E-state index in [-0.39, 0.29) is 17.5 Å². The van der Waals surface area contributed by atoms with Gasteiger partial charge in [0.15, 0.2) is 0 Å². The first kappa shape index (κ1) is 21.9. The quantitative estimate of drug-likeness (QED) is 0.395. The molecule has 0 saturated carbocycles. The molecule has 1 unspecified atom stereocenters. The van der Waals surface area contributed by atoms with Gasteiger partial charge in [-0.2, -0.15) is 0 Å². The van der Waals surface area contributed by atoms with E-state index in [9.17, 15) is 13.4 Å². The van der Waals surface area contributed by atoms with E-state index in [4.69, 9.17) is 9.47 Å². The van der Waals surface area contributed by atoms with Gasteiger partial charge < -0.3 is 0 Å². The molecule has 7 heteroatoms. The summed E-state index contributed by atoms with van der Waals surface area (Å²) < 4.78 is 24.6. The van der Waals surface area contributed by atoms with Crippen molar-refractivity contribution < 1.29 is 22.9 Å². The molecule has 0 radical (unpaired) electrons. The van der Waals surface area contributed by atoms with Gasteiger partial charge in [-0.1, -0.05) is 0 Å². The molecule has 6 nitrogen and oxygen atoms in total. The van der Waals surface area contributed by atoms with E-state index in [1.807, 2.05) is 66.7 Å². The number of ether oxygens (including phenoxy) is 2. The van der Waals surface area contributed by atoms with E-state index in [0.717, 1.165) is 10.0 Å². The Morgan fingerprint density at radius 2 is 1.67 bits per heavy atom. The van der Waals surface area contributed by atoms with Gasteiger partial charge in [-0.25, -0.2) is 0 Å². The number of nitrogens with one attached hydrogen (secondary N) is 1. The van der Waals surface area contributed by atoms with E-state index in [1.54, 1.807) is 6.08 Å². The maximum absolute atomic E-state index is 13.1. The second-order valence-electron chi connectivity index (χ2n) is 7.06. The minimum atomic E-state index is -2.40. The Bertz CT molecular complexity index is 900. The molecule has 158 valence electrons. The van der Waals surface area contributed by atoms with Crippen LogP contribution in [0.2, 0.25) is 4.82 Å². The average molecular weight is 474 g/mol. The number of esters is 1. The molecule has 1 N–H and O–H groups in total. The zero-order chi connectivity index (χ0) is 21.3. The molecular weight excluding hydrogens is 449 g/mol. The topological polar surface area (TPSA) is 81.7 Å². The molecule has 3 rings (SSSR count). The van der Waals surface area contributed by atoms with Gasteiger partial charge in [-0.3, -0.25) is 0 Å². The number of rotatable bonds is 6. The third-order valence-electron chi connectivity index (χ3n) is 4.68. The van der Waals surface area contributed by atoms with Gasteiger partial charge in [0.1, 0.15) is 0 Å². The van der Waals surface area contributed by atoms with Crippen molar-refractivity contribution in [2.75, 3.05) is 0 Å². The number of carbonyl (C=O) groups excluding carboxylic acids is 2. The molecular formula is C23H25NO5Se. The summed E-state index contributed by atoms with van der Waals surface area (Å²) in [6.45, 7) is 1.51. The predicted molar refractivity (Wildman–Crippen MR) is 114 cm³/mol. The van der Waals surface area contributed by atoms with Crippen LogP contribution in [0.3, 0.4) is 0 Å². The summed E-state index contributed by atoms with van der Waals surface area (Å²) in [5.41, 5.74) is 0.890. The first-order chi connectivity index (χ1) is 14.5. The molecule has 1 aliphatic carbocycles. The summed E-state index contributed by atoms with van der Waals surface area (Å²) >= 11 is -2.40. The van der Waals surface area contributed by atoms with Gasteiger partial charge in [0, 0.05) is 0 Å². The Morgan fingerprint density at radius 1 is 1.00 bits per heavy atom. The average Bonchev–Trinajstić information content (AvgIpc) is 2.94. The van der Waals surface area contributed by atoms with Gasteiger partial charge in [-0.05, 0) is 0 Å². The Labute approximate surface area is 180 Å². The SMILES string of the molecule is CC(=O)O[C@@H]1C=C[C@@H]([Se](=O)c2ccccc2)C[C@H](NC(=O)OCc2ccccc2)C1. The van der Waals surface area contributed by atoms with E-state index in [0.29, 0.717) is 12.8 Å². The summed E-state index contributed by atoms with van der Waals surface area (Å²) in [5.74, 6) is -0.397. The van der Waals surface area contributed by atoms with E-state index in [1.165, 1.54) is 6.92 Å². The minimum absolute atomic E-state index is 0.163. The van der Waals surface area contributed by atoms with Gasteiger partial charge >= 0.3 is 180 Å². The van der Waals surface area contributed by atoms with E-state index in [2.05, 4.69) is 5.32 Å². The second kappa shape index (κ2) is 10.9. The third-order valence-corrected chi connectivity index (χ3v) is 8.11. The van der Waals surface area contributed by atoms with Crippen LogP contribution in [0.4, 0.5) is 4.79 Å². The molecule has 0 aliphatic heterocycles. The van der Waals surface area contributed by atoms with Gasteiger partial charge in [0.2, 0.25) is 0 Å². The van der Waals surface area contributed by atoms with Crippen LogP contribution in [0.25, 0.3) is 0 Å².